The third kappa shape index (κ3) is 2.71. The van der Waals surface area contributed by atoms with Crippen molar-refractivity contribution in [1.82, 2.24) is 0 Å². The van der Waals surface area contributed by atoms with Crippen molar-refractivity contribution in [3.05, 3.63) is 68.0 Å². The van der Waals surface area contributed by atoms with Gasteiger partial charge in [-0.2, -0.15) is 5.26 Å². The summed E-state index contributed by atoms with van der Waals surface area (Å²) in [4.78, 5) is 12.9. The van der Waals surface area contributed by atoms with Crippen molar-refractivity contribution in [3.63, 3.8) is 0 Å². The average Bonchev–Trinajstić information content (AvgIpc) is 2.66. The molecule has 0 aliphatic carbocycles. The molecular weight excluding hydrogens is 403 g/mol. The smallest absolute Gasteiger partial charge is 0.343 e. The molecule has 0 fully saturated rings. The van der Waals surface area contributed by atoms with Gasteiger partial charge in [0.2, 0.25) is 5.90 Å². The predicted octanol–water partition coefficient (Wildman–Crippen LogP) is 4.75. The zero-order chi connectivity index (χ0) is 20.0. The van der Waals surface area contributed by atoms with Gasteiger partial charge in [0.1, 0.15) is 17.3 Å². The Bertz CT molecular complexity index is 1230. The first kappa shape index (κ1) is 18.4. The van der Waals surface area contributed by atoms with Crippen LogP contribution in [0.1, 0.15) is 17.0 Å². The van der Waals surface area contributed by atoms with E-state index in [0.717, 1.165) is 0 Å². The molecule has 2 heterocycles. The molecule has 2 unspecified atom stereocenters. The highest BCUT2D eigenvalue weighted by Crippen LogP contribution is 2.48. The highest BCUT2D eigenvalue weighted by molar-refractivity contribution is 6.35. The number of nitrogens with one attached hydrogen (secondary N) is 1. The molecule has 0 saturated carbocycles. The van der Waals surface area contributed by atoms with Crippen molar-refractivity contribution in [2.75, 3.05) is 7.11 Å². The number of fused-ring (bicyclic) bond motifs is 3. The lowest BCUT2D eigenvalue weighted by atomic mass is 9.79. The van der Waals surface area contributed by atoms with E-state index in [4.69, 9.17) is 42.5 Å². The summed E-state index contributed by atoms with van der Waals surface area (Å²) in [5.74, 6) is -1.81. The summed E-state index contributed by atoms with van der Waals surface area (Å²) >= 11 is 12.4. The second-order valence-electron chi connectivity index (χ2n) is 6.19. The van der Waals surface area contributed by atoms with E-state index in [1.807, 2.05) is 6.07 Å². The van der Waals surface area contributed by atoms with Crippen molar-refractivity contribution in [2.24, 2.45) is 5.92 Å². The van der Waals surface area contributed by atoms with Gasteiger partial charge in [-0.25, -0.2) is 4.79 Å². The molecule has 1 aromatic heterocycles. The van der Waals surface area contributed by atoms with Crippen LogP contribution in [0.25, 0.3) is 11.0 Å². The first-order chi connectivity index (χ1) is 13.5. The summed E-state index contributed by atoms with van der Waals surface area (Å²) in [6.45, 7) is 0. The van der Waals surface area contributed by atoms with Crippen LogP contribution in [-0.4, -0.2) is 13.0 Å². The molecule has 6 nitrogen and oxygen atoms in total. The monoisotopic (exact) mass is 414 g/mol. The van der Waals surface area contributed by atoms with Crippen LogP contribution >= 0.6 is 23.2 Å². The third-order valence-corrected chi connectivity index (χ3v) is 5.15. The molecule has 28 heavy (non-hydrogen) atoms. The van der Waals surface area contributed by atoms with Crippen LogP contribution in [0, 0.1) is 22.7 Å². The van der Waals surface area contributed by atoms with Crippen LogP contribution in [0.15, 0.2) is 45.6 Å². The van der Waals surface area contributed by atoms with Gasteiger partial charge in [0, 0.05) is 16.5 Å². The zero-order valence-electron chi connectivity index (χ0n) is 14.5. The minimum absolute atomic E-state index is 0.123. The predicted molar refractivity (Wildman–Crippen MR) is 105 cm³/mol. The lowest BCUT2D eigenvalue weighted by Gasteiger charge is -2.30. The summed E-state index contributed by atoms with van der Waals surface area (Å²) in [6, 6.07) is 11.9. The van der Waals surface area contributed by atoms with Crippen LogP contribution in [0.3, 0.4) is 0 Å². The van der Waals surface area contributed by atoms with Crippen molar-refractivity contribution in [3.8, 4) is 17.6 Å². The third-order valence-electron chi connectivity index (χ3n) is 4.65. The first-order valence-electron chi connectivity index (χ1n) is 8.20. The molecule has 1 N–H and O–H groups in total. The molecule has 0 bridgehead atoms. The van der Waals surface area contributed by atoms with Crippen LogP contribution < -0.4 is 15.1 Å². The van der Waals surface area contributed by atoms with E-state index in [-0.39, 0.29) is 28.0 Å². The average molecular weight is 415 g/mol. The van der Waals surface area contributed by atoms with Gasteiger partial charge in [-0.05, 0) is 24.3 Å². The lowest BCUT2D eigenvalue weighted by molar-refractivity contribution is 0.394. The lowest BCUT2D eigenvalue weighted by Crippen LogP contribution is -2.34. The van der Waals surface area contributed by atoms with Gasteiger partial charge < -0.3 is 13.9 Å². The molecule has 2 aromatic carbocycles. The van der Waals surface area contributed by atoms with E-state index in [9.17, 15) is 10.1 Å². The maximum absolute atomic E-state index is 12.9. The Hall–Kier alpha value is -3.01. The molecule has 1 aliphatic rings. The number of methoxy groups -OCH3 is 1. The standard InChI is InChI=1S/C20H12Cl2N2O4/c1-26-17-11(6-9(21)7-13(17)22)15-12(8-23)19(24)28-18-10-4-2-3-5-14(10)27-20(25)16(15)18/h2-7,12,15,24H,1H3. The number of nitrogens with zero attached hydrogens (tertiary/aromatic N) is 1. The number of rotatable bonds is 2. The highest BCUT2D eigenvalue weighted by Gasteiger charge is 2.42. The molecule has 1 aliphatic heterocycles. The SMILES string of the molecule is COc1c(Cl)cc(Cl)cc1C1c2c(c3ccccc3oc2=O)OC(=N)C1C#N. The normalized spacial score (nSPS) is 18.3. The molecule has 2 atom stereocenters. The molecule has 0 spiro atoms. The topological polar surface area (TPSA) is 96.3 Å². The Morgan fingerprint density at radius 2 is 2.00 bits per heavy atom. The molecule has 0 saturated heterocycles. The summed E-state index contributed by atoms with van der Waals surface area (Å²) in [6.07, 6.45) is 0. The molecule has 0 radical (unpaired) electrons. The van der Waals surface area contributed by atoms with Gasteiger partial charge in [-0.3, -0.25) is 5.41 Å². The number of nitriles is 1. The zero-order valence-corrected chi connectivity index (χ0v) is 16.0. The fourth-order valence-corrected chi connectivity index (χ4v) is 4.09. The minimum atomic E-state index is -1.08. The fraction of sp³-hybridized carbons (Fsp3) is 0.150. The largest absolute Gasteiger partial charge is 0.495 e. The van der Waals surface area contributed by atoms with E-state index in [1.54, 1.807) is 30.3 Å². The van der Waals surface area contributed by atoms with Gasteiger partial charge in [0.15, 0.2) is 5.75 Å². The number of benzene rings is 2. The fourth-order valence-electron chi connectivity index (χ4n) is 3.50. The number of hydrogen-bond donors (Lipinski definition) is 1. The number of hydrogen-bond acceptors (Lipinski definition) is 6. The van der Waals surface area contributed by atoms with Crippen LogP contribution in [-0.2, 0) is 0 Å². The first-order valence-corrected chi connectivity index (χ1v) is 8.96. The minimum Gasteiger partial charge on any atom is -0.495 e. The molecule has 4 rings (SSSR count). The molecule has 140 valence electrons. The van der Waals surface area contributed by atoms with Crippen molar-refractivity contribution in [1.29, 1.82) is 10.7 Å². The van der Waals surface area contributed by atoms with Crippen molar-refractivity contribution < 1.29 is 13.9 Å². The quantitative estimate of drug-likeness (QED) is 0.610. The molecular formula is C20H12Cl2N2O4. The van der Waals surface area contributed by atoms with E-state index < -0.39 is 17.5 Å². The Balaban J connectivity index is 2.12. The summed E-state index contributed by atoms with van der Waals surface area (Å²) in [5.41, 5.74) is 0.190. The maximum atomic E-state index is 12.9. The highest BCUT2D eigenvalue weighted by atomic mass is 35.5. The van der Waals surface area contributed by atoms with Crippen LogP contribution in [0.4, 0.5) is 0 Å². The summed E-state index contributed by atoms with van der Waals surface area (Å²) in [5, 5.41) is 19.0. The van der Waals surface area contributed by atoms with Gasteiger partial charge in [-0.15, -0.1) is 0 Å². The Kier molecular flexibility index (Phi) is 4.50. The Morgan fingerprint density at radius 3 is 2.71 bits per heavy atom. The van der Waals surface area contributed by atoms with E-state index >= 15 is 0 Å². The van der Waals surface area contributed by atoms with Crippen LogP contribution in [0.2, 0.25) is 10.0 Å². The second-order valence-corrected chi connectivity index (χ2v) is 7.03. The molecule has 0 amide bonds. The van der Waals surface area contributed by atoms with Crippen molar-refractivity contribution >= 4 is 40.1 Å². The number of ether oxygens (including phenoxy) is 2. The molecule has 3 aromatic rings. The Morgan fingerprint density at radius 1 is 1.25 bits per heavy atom. The van der Waals surface area contributed by atoms with Gasteiger partial charge in [0.25, 0.3) is 0 Å². The van der Waals surface area contributed by atoms with E-state index in [2.05, 4.69) is 0 Å². The van der Waals surface area contributed by atoms with Gasteiger partial charge in [-0.1, -0.05) is 35.3 Å². The van der Waals surface area contributed by atoms with E-state index in [1.165, 1.54) is 13.2 Å². The number of para-hydroxylation sites is 1. The van der Waals surface area contributed by atoms with Crippen LogP contribution in [0.5, 0.6) is 11.5 Å². The van der Waals surface area contributed by atoms with Gasteiger partial charge in [0.05, 0.1) is 29.2 Å². The maximum Gasteiger partial charge on any atom is 0.343 e. The summed E-state index contributed by atoms with van der Waals surface area (Å²) < 4.78 is 16.5. The van der Waals surface area contributed by atoms with Gasteiger partial charge >= 0.3 is 5.63 Å². The Labute approximate surface area is 169 Å². The number of halogens is 2. The molecule has 8 heteroatoms. The van der Waals surface area contributed by atoms with Crippen molar-refractivity contribution in [2.45, 2.75) is 5.92 Å². The second kappa shape index (κ2) is 6.86. The van der Waals surface area contributed by atoms with E-state index in [0.29, 0.717) is 21.6 Å². The summed E-state index contributed by atoms with van der Waals surface area (Å²) in [7, 11) is 1.43.